The van der Waals surface area contributed by atoms with Crippen molar-refractivity contribution < 1.29 is 9.18 Å². The summed E-state index contributed by atoms with van der Waals surface area (Å²) in [7, 11) is 0. The number of alkyl halides is 1. The van der Waals surface area contributed by atoms with Crippen LogP contribution in [0.5, 0.6) is 0 Å². The van der Waals surface area contributed by atoms with Gasteiger partial charge < -0.3 is 0 Å². The molecule has 0 fully saturated rings. The molecule has 0 aliphatic rings. The summed E-state index contributed by atoms with van der Waals surface area (Å²) in [4.78, 5) is 14.2. The van der Waals surface area contributed by atoms with Gasteiger partial charge in [0.1, 0.15) is 0 Å². The zero-order valence-electron chi connectivity index (χ0n) is 8.66. The van der Waals surface area contributed by atoms with Gasteiger partial charge in [0, 0.05) is 10.5 Å². The second-order valence-corrected chi connectivity index (χ2v) is 4.45. The van der Waals surface area contributed by atoms with Gasteiger partial charge in [-0.3, -0.25) is 0 Å². The maximum Gasteiger partial charge on any atom is 0.238 e. The second kappa shape index (κ2) is 5.10. The first kappa shape index (κ1) is 12.0. The van der Waals surface area contributed by atoms with Crippen molar-refractivity contribution in [2.75, 3.05) is 5.75 Å². The molecule has 0 saturated heterocycles. The molecule has 1 unspecified atom stereocenters. The normalized spacial score (nSPS) is 14.1. The van der Waals surface area contributed by atoms with Crippen LogP contribution >= 0.6 is 11.8 Å². The summed E-state index contributed by atoms with van der Waals surface area (Å²) in [6.45, 7) is 3.29. The number of rotatable bonds is 4. The van der Waals surface area contributed by atoms with Crippen LogP contribution in [0.2, 0.25) is 0 Å². The fourth-order valence-electron chi connectivity index (χ4n) is 1.17. The van der Waals surface area contributed by atoms with E-state index in [4.69, 9.17) is 0 Å². The molecule has 0 saturated carbocycles. The molecule has 80 valence electrons. The third-order valence-corrected chi connectivity index (χ3v) is 2.84. The lowest BCUT2D eigenvalue weighted by molar-refractivity contribution is 0.206. The first-order valence-electron chi connectivity index (χ1n) is 4.61. The summed E-state index contributed by atoms with van der Waals surface area (Å²) in [6.07, 6.45) is 1.24. The predicted octanol–water partition coefficient (Wildman–Crippen LogP) is 3.28. The number of thioether (sulfide) groups is 1. The molecule has 0 aliphatic carbocycles. The first-order chi connectivity index (χ1) is 7.10. The minimum Gasteiger partial charge on any atom is -0.212 e. The first-order valence-corrected chi connectivity index (χ1v) is 5.60. The number of carbonyl (C=O) groups excluding carboxylic acids is 1. The highest BCUT2D eigenvalue weighted by Gasteiger charge is 2.24. The van der Waals surface area contributed by atoms with Crippen LogP contribution in [0.1, 0.15) is 19.4 Å². The standard InChI is InChI=1S/C11H12FNOS/c1-3-15-10-6-4-9(5-7-10)11(2,12)13-8-14/h4-7H,3H2,1-2H3. The zero-order valence-corrected chi connectivity index (χ0v) is 9.47. The molecule has 2 nitrogen and oxygen atoms in total. The van der Waals surface area contributed by atoms with E-state index in [2.05, 4.69) is 11.9 Å². The molecule has 1 atom stereocenters. The fourth-order valence-corrected chi connectivity index (χ4v) is 1.83. The van der Waals surface area contributed by atoms with Crippen molar-refractivity contribution in [2.24, 2.45) is 4.99 Å². The Morgan fingerprint density at radius 3 is 2.53 bits per heavy atom. The SMILES string of the molecule is CCSc1ccc(C(C)(F)N=C=O)cc1. The molecule has 4 heteroatoms. The average molecular weight is 225 g/mol. The van der Waals surface area contributed by atoms with Crippen LogP contribution in [-0.4, -0.2) is 11.8 Å². The predicted molar refractivity (Wildman–Crippen MR) is 59.4 cm³/mol. The lowest BCUT2D eigenvalue weighted by atomic mass is 10.1. The third kappa shape index (κ3) is 3.18. The largest absolute Gasteiger partial charge is 0.238 e. The number of isocyanates is 1. The van der Waals surface area contributed by atoms with Crippen molar-refractivity contribution in [1.82, 2.24) is 0 Å². The zero-order chi connectivity index (χ0) is 11.3. The number of benzene rings is 1. The molecule has 15 heavy (non-hydrogen) atoms. The monoisotopic (exact) mass is 225 g/mol. The molecule has 0 N–H and O–H groups in total. The van der Waals surface area contributed by atoms with E-state index in [1.807, 2.05) is 12.1 Å². The molecule has 0 radical (unpaired) electrons. The quantitative estimate of drug-likeness (QED) is 0.340. The number of aliphatic imine (C=N–C) groups is 1. The Bertz CT molecular complexity index is 369. The molecular weight excluding hydrogens is 213 g/mol. The van der Waals surface area contributed by atoms with Crippen molar-refractivity contribution in [1.29, 1.82) is 0 Å². The summed E-state index contributed by atoms with van der Waals surface area (Å²) < 4.78 is 13.7. The van der Waals surface area contributed by atoms with E-state index in [-0.39, 0.29) is 0 Å². The Labute approximate surface area is 92.6 Å². The van der Waals surface area contributed by atoms with Crippen molar-refractivity contribution in [3.8, 4) is 0 Å². The maximum atomic E-state index is 13.7. The van der Waals surface area contributed by atoms with Gasteiger partial charge >= 0.3 is 0 Å². The van der Waals surface area contributed by atoms with Crippen LogP contribution in [0.15, 0.2) is 34.2 Å². The van der Waals surface area contributed by atoms with Crippen LogP contribution in [0, 0.1) is 0 Å². The number of hydrogen-bond acceptors (Lipinski definition) is 3. The van der Waals surface area contributed by atoms with Gasteiger partial charge in [-0.1, -0.05) is 19.1 Å². The maximum absolute atomic E-state index is 13.7. The lowest BCUT2D eigenvalue weighted by Crippen LogP contribution is -2.10. The Morgan fingerprint density at radius 1 is 1.47 bits per heavy atom. The van der Waals surface area contributed by atoms with Crippen molar-refractivity contribution in [3.05, 3.63) is 29.8 Å². The lowest BCUT2D eigenvalue weighted by Gasteiger charge is -2.13. The molecule has 1 rings (SSSR count). The van der Waals surface area contributed by atoms with Gasteiger partial charge in [-0.2, -0.15) is 4.99 Å². The van der Waals surface area contributed by atoms with Crippen LogP contribution < -0.4 is 0 Å². The van der Waals surface area contributed by atoms with Crippen molar-refractivity contribution >= 4 is 17.8 Å². The van der Waals surface area contributed by atoms with E-state index < -0.39 is 5.79 Å². The number of halogens is 1. The Morgan fingerprint density at radius 2 is 2.07 bits per heavy atom. The summed E-state index contributed by atoms with van der Waals surface area (Å²) >= 11 is 1.68. The van der Waals surface area contributed by atoms with Gasteiger partial charge in [-0.15, -0.1) is 11.8 Å². The molecule has 0 aliphatic heterocycles. The summed E-state index contributed by atoms with van der Waals surface area (Å²) in [6, 6.07) is 6.92. The van der Waals surface area contributed by atoms with Crippen molar-refractivity contribution in [2.45, 2.75) is 24.5 Å². The van der Waals surface area contributed by atoms with E-state index in [1.165, 1.54) is 13.0 Å². The highest BCUT2D eigenvalue weighted by molar-refractivity contribution is 7.99. The average Bonchev–Trinajstić information content (AvgIpc) is 2.19. The highest BCUT2D eigenvalue weighted by Crippen LogP contribution is 2.28. The molecule has 1 aromatic rings. The number of hydrogen-bond donors (Lipinski definition) is 0. The van der Waals surface area contributed by atoms with Crippen LogP contribution in [-0.2, 0) is 10.6 Å². The smallest absolute Gasteiger partial charge is 0.212 e. The Balaban J connectivity index is 2.92. The molecule has 0 spiro atoms. The van der Waals surface area contributed by atoms with Gasteiger partial charge in [0.25, 0.3) is 0 Å². The van der Waals surface area contributed by atoms with E-state index >= 15 is 0 Å². The molecule has 0 bridgehead atoms. The summed E-state index contributed by atoms with van der Waals surface area (Å²) in [5, 5.41) is 0. The minimum absolute atomic E-state index is 0.367. The molecule has 1 aromatic carbocycles. The Kier molecular flexibility index (Phi) is 4.06. The highest BCUT2D eigenvalue weighted by atomic mass is 32.2. The van der Waals surface area contributed by atoms with Gasteiger partial charge in [0.2, 0.25) is 11.9 Å². The van der Waals surface area contributed by atoms with E-state index in [9.17, 15) is 9.18 Å². The summed E-state index contributed by atoms with van der Waals surface area (Å²) in [5.74, 6) is -1.00. The van der Waals surface area contributed by atoms with Crippen molar-refractivity contribution in [3.63, 3.8) is 0 Å². The van der Waals surface area contributed by atoms with Gasteiger partial charge in [0.15, 0.2) is 0 Å². The van der Waals surface area contributed by atoms with Crippen LogP contribution in [0.25, 0.3) is 0 Å². The second-order valence-electron chi connectivity index (χ2n) is 3.11. The topological polar surface area (TPSA) is 29.4 Å². The van der Waals surface area contributed by atoms with Gasteiger partial charge in [-0.05, 0) is 24.8 Å². The molecular formula is C11H12FNOS. The molecule has 0 aromatic heterocycles. The summed E-state index contributed by atoms with van der Waals surface area (Å²) in [5.41, 5.74) is 0.367. The minimum atomic E-state index is -1.98. The third-order valence-electron chi connectivity index (χ3n) is 1.95. The fraction of sp³-hybridized carbons (Fsp3) is 0.364. The van der Waals surface area contributed by atoms with Crippen LogP contribution in [0.4, 0.5) is 4.39 Å². The van der Waals surface area contributed by atoms with Gasteiger partial charge in [-0.25, -0.2) is 9.18 Å². The molecule has 0 heterocycles. The van der Waals surface area contributed by atoms with Crippen LogP contribution in [0.3, 0.4) is 0 Å². The van der Waals surface area contributed by atoms with E-state index in [0.29, 0.717) is 5.56 Å². The molecule has 0 amide bonds. The Hall–Kier alpha value is -1.12. The van der Waals surface area contributed by atoms with E-state index in [0.717, 1.165) is 10.6 Å². The van der Waals surface area contributed by atoms with Gasteiger partial charge in [0.05, 0.1) is 0 Å². The number of nitrogens with zero attached hydrogens (tertiary/aromatic N) is 1. The van der Waals surface area contributed by atoms with E-state index in [1.54, 1.807) is 23.9 Å².